The SMILES string of the molecule is COc1ccc(CC(NC(=O)c2ccoc2C)c2ccc(OC)cc2)cc1. The molecule has 0 bridgehead atoms. The van der Waals surface area contributed by atoms with E-state index in [1.54, 1.807) is 27.2 Å². The van der Waals surface area contributed by atoms with Crippen molar-refractivity contribution in [2.75, 3.05) is 14.2 Å². The van der Waals surface area contributed by atoms with Crippen LogP contribution in [0.15, 0.2) is 65.3 Å². The Morgan fingerprint density at radius 1 is 0.963 bits per heavy atom. The maximum absolute atomic E-state index is 12.7. The molecule has 3 rings (SSSR count). The molecule has 0 saturated heterocycles. The van der Waals surface area contributed by atoms with E-state index >= 15 is 0 Å². The zero-order valence-corrected chi connectivity index (χ0v) is 15.7. The Morgan fingerprint density at radius 3 is 2.07 bits per heavy atom. The van der Waals surface area contributed by atoms with E-state index in [1.807, 2.05) is 48.5 Å². The monoisotopic (exact) mass is 365 g/mol. The van der Waals surface area contributed by atoms with Gasteiger partial charge < -0.3 is 19.2 Å². The van der Waals surface area contributed by atoms with E-state index in [1.165, 1.54) is 6.26 Å². The number of benzene rings is 2. The van der Waals surface area contributed by atoms with E-state index in [0.29, 0.717) is 17.7 Å². The minimum atomic E-state index is -0.189. The van der Waals surface area contributed by atoms with Crippen LogP contribution in [-0.2, 0) is 6.42 Å². The molecule has 0 aliphatic carbocycles. The van der Waals surface area contributed by atoms with Crippen molar-refractivity contribution in [1.29, 1.82) is 0 Å². The minimum Gasteiger partial charge on any atom is -0.497 e. The van der Waals surface area contributed by atoms with E-state index in [-0.39, 0.29) is 11.9 Å². The number of amides is 1. The minimum absolute atomic E-state index is 0.157. The molecule has 0 saturated carbocycles. The summed E-state index contributed by atoms with van der Waals surface area (Å²) in [6.45, 7) is 1.78. The Kier molecular flexibility index (Phi) is 5.81. The van der Waals surface area contributed by atoms with Crippen molar-refractivity contribution in [2.45, 2.75) is 19.4 Å². The van der Waals surface area contributed by atoms with Gasteiger partial charge in [0.05, 0.1) is 32.1 Å². The van der Waals surface area contributed by atoms with Gasteiger partial charge in [0.1, 0.15) is 17.3 Å². The molecular formula is C22H23NO4. The van der Waals surface area contributed by atoms with Crippen molar-refractivity contribution in [3.05, 3.63) is 83.3 Å². The van der Waals surface area contributed by atoms with Crippen LogP contribution in [0.2, 0.25) is 0 Å². The highest BCUT2D eigenvalue weighted by atomic mass is 16.5. The van der Waals surface area contributed by atoms with E-state index < -0.39 is 0 Å². The van der Waals surface area contributed by atoms with E-state index in [9.17, 15) is 4.79 Å². The zero-order valence-electron chi connectivity index (χ0n) is 15.7. The number of carbonyl (C=O) groups is 1. The van der Waals surface area contributed by atoms with Crippen LogP contribution in [0.4, 0.5) is 0 Å². The van der Waals surface area contributed by atoms with Gasteiger partial charge in [0.25, 0.3) is 5.91 Å². The number of nitrogens with one attached hydrogen (secondary N) is 1. The number of furan rings is 1. The van der Waals surface area contributed by atoms with Gasteiger partial charge >= 0.3 is 0 Å². The highest BCUT2D eigenvalue weighted by Gasteiger charge is 2.19. The predicted octanol–water partition coefficient (Wildman–Crippen LogP) is 4.32. The van der Waals surface area contributed by atoms with Crippen LogP contribution in [-0.4, -0.2) is 20.1 Å². The third-order valence-electron chi connectivity index (χ3n) is 4.53. The van der Waals surface area contributed by atoms with Crippen molar-refractivity contribution in [3.8, 4) is 11.5 Å². The summed E-state index contributed by atoms with van der Waals surface area (Å²) in [7, 11) is 3.27. The fraction of sp³-hybridized carbons (Fsp3) is 0.227. The second-order valence-electron chi connectivity index (χ2n) is 6.24. The molecule has 27 heavy (non-hydrogen) atoms. The maximum atomic E-state index is 12.7. The second-order valence-corrected chi connectivity index (χ2v) is 6.24. The lowest BCUT2D eigenvalue weighted by molar-refractivity contribution is 0.0935. The molecule has 0 radical (unpaired) electrons. The Hall–Kier alpha value is -3.21. The number of carbonyl (C=O) groups excluding carboxylic acids is 1. The van der Waals surface area contributed by atoms with Crippen LogP contribution >= 0.6 is 0 Å². The van der Waals surface area contributed by atoms with Crippen LogP contribution in [0.5, 0.6) is 11.5 Å². The van der Waals surface area contributed by atoms with Crippen molar-refractivity contribution in [3.63, 3.8) is 0 Å². The molecule has 0 fully saturated rings. The first kappa shape index (κ1) is 18.6. The normalized spacial score (nSPS) is 11.7. The molecule has 5 nitrogen and oxygen atoms in total. The summed E-state index contributed by atoms with van der Waals surface area (Å²) in [5.74, 6) is 2.03. The van der Waals surface area contributed by atoms with Crippen LogP contribution in [0.25, 0.3) is 0 Å². The molecule has 1 unspecified atom stereocenters. The summed E-state index contributed by atoms with van der Waals surface area (Å²) >= 11 is 0. The van der Waals surface area contributed by atoms with Gasteiger partial charge in [0.2, 0.25) is 0 Å². The Labute approximate surface area is 158 Å². The lowest BCUT2D eigenvalue weighted by Gasteiger charge is -2.20. The first-order valence-corrected chi connectivity index (χ1v) is 8.72. The molecule has 1 atom stereocenters. The van der Waals surface area contributed by atoms with Crippen LogP contribution in [0.1, 0.15) is 33.3 Å². The summed E-state index contributed by atoms with van der Waals surface area (Å²) in [6, 6.07) is 17.1. The smallest absolute Gasteiger partial charge is 0.255 e. The van der Waals surface area contributed by atoms with Gasteiger partial charge in [-0.25, -0.2) is 0 Å². The van der Waals surface area contributed by atoms with Crippen LogP contribution in [0, 0.1) is 6.92 Å². The van der Waals surface area contributed by atoms with E-state index in [2.05, 4.69) is 5.32 Å². The van der Waals surface area contributed by atoms with Gasteiger partial charge in [-0.3, -0.25) is 4.79 Å². The third-order valence-corrected chi connectivity index (χ3v) is 4.53. The molecule has 2 aromatic carbocycles. The van der Waals surface area contributed by atoms with Crippen LogP contribution in [0.3, 0.4) is 0 Å². The predicted molar refractivity (Wildman–Crippen MR) is 103 cm³/mol. The van der Waals surface area contributed by atoms with Crippen LogP contribution < -0.4 is 14.8 Å². The van der Waals surface area contributed by atoms with E-state index in [4.69, 9.17) is 13.9 Å². The second kappa shape index (κ2) is 8.45. The van der Waals surface area contributed by atoms with Gasteiger partial charge in [-0.1, -0.05) is 24.3 Å². The molecule has 1 amide bonds. The zero-order chi connectivity index (χ0) is 19.2. The molecule has 0 spiro atoms. The third kappa shape index (κ3) is 4.50. The van der Waals surface area contributed by atoms with Crippen molar-refractivity contribution in [1.82, 2.24) is 5.32 Å². The van der Waals surface area contributed by atoms with Crippen molar-refractivity contribution < 1.29 is 18.7 Å². The summed E-state index contributed by atoms with van der Waals surface area (Å²) in [5, 5.41) is 3.12. The molecule has 0 aliphatic heterocycles. The van der Waals surface area contributed by atoms with Crippen molar-refractivity contribution >= 4 is 5.91 Å². The lowest BCUT2D eigenvalue weighted by atomic mass is 9.98. The highest BCUT2D eigenvalue weighted by Crippen LogP contribution is 2.23. The summed E-state index contributed by atoms with van der Waals surface area (Å²) in [6.07, 6.45) is 2.18. The Balaban J connectivity index is 1.84. The fourth-order valence-electron chi connectivity index (χ4n) is 2.94. The number of hydrogen-bond donors (Lipinski definition) is 1. The Morgan fingerprint density at radius 2 is 1.56 bits per heavy atom. The number of methoxy groups -OCH3 is 2. The summed E-state index contributed by atoms with van der Waals surface area (Å²) in [4.78, 5) is 12.7. The van der Waals surface area contributed by atoms with E-state index in [0.717, 1.165) is 22.6 Å². The quantitative estimate of drug-likeness (QED) is 0.677. The largest absolute Gasteiger partial charge is 0.497 e. The fourth-order valence-corrected chi connectivity index (χ4v) is 2.94. The van der Waals surface area contributed by atoms with Gasteiger partial charge in [0, 0.05) is 0 Å². The average molecular weight is 365 g/mol. The molecule has 1 aromatic heterocycles. The highest BCUT2D eigenvalue weighted by molar-refractivity contribution is 5.95. The molecule has 1 N–H and O–H groups in total. The number of ether oxygens (including phenoxy) is 2. The Bertz CT molecular complexity index is 881. The first-order chi connectivity index (χ1) is 13.1. The van der Waals surface area contributed by atoms with Gasteiger partial charge in [-0.15, -0.1) is 0 Å². The molecule has 0 aliphatic rings. The standard InChI is InChI=1S/C22H23NO4/c1-15-20(12-13-27-15)22(24)23-21(17-6-10-19(26-3)11-7-17)14-16-4-8-18(25-2)9-5-16/h4-13,21H,14H2,1-3H3,(H,23,24). The van der Waals surface area contributed by atoms with Gasteiger partial charge in [-0.2, -0.15) is 0 Å². The summed E-state index contributed by atoms with van der Waals surface area (Å²) in [5.41, 5.74) is 2.64. The molecule has 3 aromatic rings. The molecule has 5 heteroatoms. The maximum Gasteiger partial charge on any atom is 0.255 e. The molecule has 1 heterocycles. The molecule has 140 valence electrons. The molecular weight excluding hydrogens is 342 g/mol. The number of hydrogen-bond acceptors (Lipinski definition) is 4. The average Bonchev–Trinajstić information content (AvgIpc) is 3.14. The topological polar surface area (TPSA) is 60.7 Å². The summed E-state index contributed by atoms with van der Waals surface area (Å²) < 4.78 is 15.7. The van der Waals surface area contributed by atoms with Gasteiger partial charge in [0.15, 0.2) is 0 Å². The number of aryl methyl sites for hydroxylation is 1. The number of rotatable bonds is 7. The lowest BCUT2D eigenvalue weighted by Crippen LogP contribution is -2.30. The van der Waals surface area contributed by atoms with Gasteiger partial charge in [-0.05, 0) is 54.8 Å². The van der Waals surface area contributed by atoms with Crippen molar-refractivity contribution in [2.24, 2.45) is 0 Å². The first-order valence-electron chi connectivity index (χ1n) is 8.72.